The summed E-state index contributed by atoms with van der Waals surface area (Å²) in [7, 11) is 1.73. The summed E-state index contributed by atoms with van der Waals surface area (Å²) >= 11 is 0. The quantitative estimate of drug-likeness (QED) is 0.865. The molecule has 0 spiro atoms. The van der Waals surface area contributed by atoms with Crippen molar-refractivity contribution >= 4 is 5.91 Å². The fourth-order valence-electron chi connectivity index (χ4n) is 3.18. The minimum atomic E-state index is 0.174. The second-order valence-electron chi connectivity index (χ2n) is 5.70. The predicted octanol–water partition coefficient (Wildman–Crippen LogP) is 2.81. The Labute approximate surface area is 109 Å². The second-order valence-corrected chi connectivity index (χ2v) is 5.70. The van der Waals surface area contributed by atoms with Gasteiger partial charge in [-0.15, -0.1) is 0 Å². The van der Waals surface area contributed by atoms with Crippen LogP contribution < -0.4 is 5.32 Å². The molecule has 0 aliphatic heterocycles. The van der Waals surface area contributed by atoms with E-state index in [9.17, 15) is 4.79 Å². The fourth-order valence-corrected chi connectivity index (χ4v) is 3.18. The molecule has 96 valence electrons. The van der Waals surface area contributed by atoms with Crippen LogP contribution in [0.5, 0.6) is 0 Å². The van der Waals surface area contributed by atoms with Crippen molar-refractivity contribution in [3.8, 4) is 0 Å². The number of aryl methyl sites for hydroxylation is 2. The fraction of sp³-hybridized carbons (Fsp3) is 0.562. The Kier molecular flexibility index (Phi) is 3.11. The number of rotatable bonds is 4. The van der Waals surface area contributed by atoms with E-state index in [2.05, 4.69) is 23.5 Å². The lowest BCUT2D eigenvalue weighted by molar-refractivity contribution is -0.121. The molecular formula is C16H21NO. The number of carbonyl (C=O) groups excluding carboxylic acids is 1. The van der Waals surface area contributed by atoms with Crippen molar-refractivity contribution in [1.29, 1.82) is 0 Å². The summed E-state index contributed by atoms with van der Waals surface area (Å²) in [5, 5.41) is 2.76. The van der Waals surface area contributed by atoms with Gasteiger partial charge in [-0.1, -0.05) is 18.2 Å². The van der Waals surface area contributed by atoms with E-state index in [0.717, 1.165) is 5.92 Å². The minimum Gasteiger partial charge on any atom is -0.359 e. The van der Waals surface area contributed by atoms with Crippen LogP contribution in [-0.4, -0.2) is 13.0 Å². The maximum absolute atomic E-state index is 11.7. The van der Waals surface area contributed by atoms with Crippen LogP contribution in [0.25, 0.3) is 0 Å². The summed E-state index contributed by atoms with van der Waals surface area (Å²) in [4.78, 5) is 11.7. The van der Waals surface area contributed by atoms with Crippen molar-refractivity contribution in [3.05, 3.63) is 34.9 Å². The Balaban J connectivity index is 1.83. The van der Waals surface area contributed by atoms with Gasteiger partial charge in [-0.3, -0.25) is 4.79 Å². The SMILES string of the molecule is CNC(=O)CC(c1ccc2c(c1)CCC2)C1CC1. The van der Waals surface area contributed by atoms with Gasteiger partial charge in [0.05, 0.1) is 0 Å². The number of amides is 1. The van der Waals surface area contributed by atoms with Crippen LogP contribution in [0.15, 0.2) is 18.2 Å². The van der Waals surface area contributed by atoms with Crippen LogP contribution in [0, 0.1) is 5.92 Å². The Morgan fingerprint density at radius 3 is 2.83 bits per heavy atom. The Morgan fingerprint density at radius 1 is 1.33 bits per heavy atom. The first kappa shape index (κ1) is 11.8. The van der Waals surface area contributed by atoms with Crippen LogP contribution in [0.3, 0.4) is 0 Å². The highest BCUT2D eigenvalue weighted by molar-refractivity contribution is 5.76. The molecule has 1 amide bonds. The van der Waals surface area contributed by atoms with Gasteiger partial charge in [-0.05, 0) is 60.6 Å². The highest BCUT2D eigenvalue weighted by atomic mass is 16.1. The van der Waals surface area contributed by atoms with Crippen LogP contribution in [0.4, 0.5) is 0 Å². The molecule has 1 unspecified atom stereocenters. The standard InChI is InChI=1S/C16H21NO/c1-17-16(18)10-15(12-6-7-12)14-8-5-11-3-2-4-13(11)9-14/h5,8-9,12,15H,2-4,6-7,10H2,1H3,(H,17,18). The number of carbonyl (C=O) groups is 1. The molecule has 0 saturated heterocycles. The average molecular weight is 243 g/mol. The molecule has 1 aromatic rings. The highest BCUT2D eigenvalue weighted by Gasteiger charge is 2.33. The first-order chi connectivity index (χ1) is 8.78. The van der Waals surface area contributed by atoms with Crippen molar-refractivity contribution in [3.63, 3.8) is 0 Å². The molecule has 1 aromatic carbocycles. The number of hydrogen-bond donors (Lipinski definition) is 1. The van der Waals surface area contributed by atoms with E-state index in [4.69, 9.17) is 0 Å². The lowest BCUT2D eigenvalue weighted by Crippen LogP contribution is -2.21. The van der Waals surface area contributed by atoms with Crippen molar-refractivity contribution in [2.45, 2.75) is 44.4 Å². The average Bonchev–Trinajstić information content (AvgIpc) is 3.12. The maximum atomic E-state index is 11.7. The Bertz CT molecular complexity index is 462. The third-order valence-electron chi connectivity index (χ3n) is 4.43. The molecule has 0 bridgehead atoms. The summed E-state index contributed by atoms with van der Waals surface area (Å²) in [5.41, 5.74) is 4.44. The topological polar surface area (TPSA) is 29.1 Å². The summed E-state index contributed by atoms with van der Waals surface area (Å²) in [6.45, 7) is 0. The van der Waals surface area contributed by atoms with Crippen molar-refractivity contribution in [1.82, 2.24) is 5.32 Å². The zero-order chi connectivity index (χ0) is 12.5. The van der Waals surface area contributed by atoms with E-state index in [1.165, 1.54) is 48.8 Å². The molecule has 0 aromatic heterocycles. The van der Waals surface area contributed by atoms with Gasteiger partial charge in [0.2, 0.25) is 5.91 Å². The van der Waals surface area contributed by atoms with Crippen molar-refractivity contribution in [2.75, 3.05) is 7.05 Å². The van der Waals surface area contributed by atoms with Gasteiger partial charge in [0.1, 0.15) is 0 Å². The summed E-state index contributed by atoms with van der Waals surface area (Å²) < 4.78 is 0. The van der Waals surface area contributed by atoms with Crippen LogP contribution in [0.1, 0.15) is 48.3 Å². The van der Waals surface area contributed by atoms with Crippen molar-refractivity contribution in [2.24, 2.45) is 5.92 Å². The number of hydrogen-bond acceptors (Lipinski definition) is 1. The minimum absolute atomic E-state index is 0.174. The van der Waals surface area contributed by atoms with Gasteiger partial charge in [-0.2, -0.15) is 0 Å². The van der Waals surface area contributed by atoms with E-state index in [-0.39, 0.29) is 5.91 Å². The molecule has 1 N–H and O–H groups in total. The Hall–Kier alpha value is -1.31. The van der Waals surface area contributed by atoms with Gasteiger partial charge >= 0.3 is 0 Å². The van der Waals surface area contributed by atoms with Gasteiger partial charge in [0, 0.05) is 13.5 Å². The smallest absolute Gasteiger partial charge is 0.220 e. The van der Waals surface area contributed by atoms with Crippen LogP contribution in [-0.2, 0) is 17.6 Å². The van der Waals surface area contributed by atoms with E-state index in [1.807, 2.05) is 0 Å². The highest BCUT2D eigenvalue weighted by Crippen LogP contribution is 2.45. The normalized spacial score (nSPS) is 19.4. The van der Waals surface area contributed by atoms with Gasteiger partial charge in [0.25, 0.3) is 0 Å². The largest absolute Gasteiger partial charge is 0.359 e. The molecule has 1 fully saturated rings. The Morgan fingerprint density at radius 2 is 2.11 bits per heavy atom. The second kappa shape index (κ2) is 4.75. The van der Waals surface area contributed by atoms with Gasteiger partial charge in [0.15, 0.2) is 0 Å². The number of fused-ring (bicyclic) bond motifs is 1. The molecule has 2 aliphatic carbocycles. The maximum Gasteiger partial charge on any atom is 0.220 e. The van der Waals surface area contributed by atoms with E-state index in [1.54, 1.807) is 7.05 Å². The van der Waals surface area contributed by atoms with Gasteiger partial charge in [-0.25, -0.2) is 0 Å². The van der Waals surface area contributed by atoms with Crippen LogP contribution in [0.2, 0.25) is 0 Å². The van der Waals surface area contributed by atoms with E-state index in [0.29, 0.717) is 12.3 Å². The lowest BCUT2D eigenvalue weighted by Gasteiger charge is -2.17. The summed E-state index contributed by atoms with van der Waals surface area (Å²) in [6, 6.07) is 6.92. The first-order valence-electron chi connectivity index (χ1n) is 7.10. The third-order valence-corrected chi connectivity index (χ3v) is 4.43. The zero-order valence-electron chi connectivity index (χ0n) is 11.0. The van der Waals surface area contributed by atoms with Crippen LogP contribution >= 0.6 is 0 Å². The molecule has 1 atom stereocenters. The molecule has 1 saturated carbocycles. The van der Waals surface area contributed by atoms with Gasteiger partial charge < -0.3 is 5.32 Å². The van der Waals surface area contributed by atoms with E-state index < -0.39 is 0 Å². The molecule has 3 rings (SSSR count). The predicted molar refractivity (Wildman–Crippen MR) is 72.6 cm³/mol. The molecule has 0 heterocycles. The molecule has 0 radical (unpaired) electrons. The first-order valence-corrected chi connectivity index (χ1v) is 7.10. The number of benzene rings is 1. The summed E-state index contributed by atoms with van der Waals surface area (Å²) in [6.07, 6.45) is 6.99. The monoisotopic (exact) mass is 243 g/mol. The molecule has 2 heteroatoms. The molecule has 18 heavy (non-hydrogen) atoms. The zero-order valence-corrected chi connectivity index (χ0v) is 11.0. The summed E-state index contributed by atoms with van der Waals surface area (Å²) in [5.74, 6) is 1.35. The third kappa shape index (κ3) is 2.29. The lowest BCUT2D eigenvalue weighted by atomic mass is 9.89. The molecular weight excluding hydrogens is 222 g/mol. The molecule has 2 aliphatic rings. The van der Waals surface area contributed by atoms with Crippen molar-refractivity contribution < 1.29 is 4.79 Å². The molecule has 2 nitrogen and oxygen atoms in total. The number of nitrogens with one attached hydrogen (secondary N) is 1. The van der Waals surface area contributed by atoms with E-state index >= 15 is 0 Å².